The fourth-order valence-corrected chi connectivity index (χ4v) is 2.18. The van der Waals surface area contributed by atoms with Crippen LogP contribution >= 0.6 is 0 Å². The Morgan fingerprint density at radius 3 is 2.62 bits per heavy atom. The van der Waals surface area contributed by atoms with Crippen molar-refractivity contribution in [2.75, 3.05) is 0 Å². The second kappa shape index (κ2) is 6.35. The highest BCUT2D eigenvalue weighted by Gasteiger charge is 2.11. The molecule has 0 fully saturated rings. The van der Waals surface area contributed by atoms with Crippen molar-refractivity contribution in [2.24, 2.45) is 0 Å². The van der Waals surface area contributed by atoms with E-state index in [0.29, 0.717) is 23.6 Å². The molecule has 0 aliphatic heterocycles. The monoisotopic (exact) mass is 285 g/mol. The van der Waals surface area contributed by atoms with Gasteiger partial charge < -0.3 is 10.3 Å². The van der Waals surface area contributed by atoms with Crippen molar-refractivity contribution in [3.63, 3.8) is 0 Å². The Balaban J connectivity index is 2.03. The maximum absolute atomic E-state index is 12.0. The summed E-state index contributed by atoms with van der Waals surface area (Å²) in [5.41, 5.74) is 2.97. The van der Waals surface area contributed by atoms with Gasteiger partial charge in [-0.3, -0.25) is 9.59 Å². The van der Waals surface area contributed by atoms with Crippen LogP contribution < -0.4 is 10.9 Å². The molecule has 2 rings (SSSR count). The Kier molecular flexibility index (Phi) is 4.52. The number of aryl methyl sites for hydroxylation is 3. The normalized spacial score (nSPS) is 10.4. The van der Waals surface area contributed by atoms with E-state index >= 15 is 0 Å². The van der Waals surface area contributed by atoms with Crippen LogP contribution in [-0.4, -0.2) is 15.9 Å². The van der Waals surface area contributed by atoms with Crippen LogP contribution in [0, 0.1) is 20.8 Å². The molecular formula is C16H19N3O2. The maximum Gasteiger partial charge on any atom is 0.254 e. The fraction of sp³-hybridized carbons (Fsp3) is 0.312. The van der Waals surface area contributed by atoms with E-state index in [1.807, 2.05) is 31.2 Å². The summed E-state index contributed by atoms with van der Waals surface area (Å²) in [6.07, 6.45) is 0.0420. The van der Waals surface area contributed by atoms with E-state index in [4.69, 9.17) is 0 Å². The number of amides is 1. The number of nitrogens with zero attached hydrogens (tertiary/aromatic N) is 1. The zero-order valence-corrected chi connectivity index (χ0v) is 12.5. The molecule has 0 spiro atoms. The SMILES string of the molecule is Cc1nc(C)c(CC(=O)NCc2ccccc2C)c(=O)[nH]1. The maximum atomic E-state index is 12.0. The average Bonchev–Trinajstić information content (AvgIpc) is 2.42. The van der Waals surface area contributed by atoms with Crippen molar-refractivity contribution in [1.29, 1.82) is 0 Å². The Hall–Kier alpha value is -2.43. The molecule has 0 atom stereocenters. The number of aromatic nitrogens is 2. The molecule has 5 heteroatoms. The number of H-pyrrole nitrogens is 1. The standard InChI is InChI=1S/C16H19N3O2/c1-10-6-4-5-7-13(10)9-17-15(20)8-14-11(2)18-12(3)19-16(14)21/h4-7H,8-9H2,1-3H3,(H,17,20)(H,18,19,21). The largest absolute Gasteiger partial charge is 0.352 e. The molecule has 0 aliphatic rings. The van der Waals surface area contributed by atoms with Gasteiger partial charge in [0.1, 0.15) is 5.82 Å². The van der Waals surface area contributed by atoms with Crippen molar-refractivity contribution in [1.82, 2.24) is 15.3 Å². The van der Waals surface area contributed by atoms with Crippen molar-refractivity contribution in [3.05, 3.63) is 62.8 Å². The van der Waals surface area contributed by atoms with Gasteiger partial charge in [0, 0.05) is 17.8 Å². The van der Waals surface area contributed by atoms with E-state index in [-0.39, 0.29) is 17.9 Å². The quantitative estimate of drug-likeness (QED) is 0.895. The first-order chi connectivity index (χ1) is 9.97. The summed E-state index contributed by atoms with van der Waals surface area (Å²) in [6.45, 7) is 5.92. The van der Waals surface area contributed by atoms with Gasteiger partial charge in [-0.15, -0.1) is 0 Å². The Bertz CT molecular complexity index is 720. The van der Waals surface area contributed by atoms with E-state index in [0.717, 1.165) is 11.1 Å². The van der Waals surface area contributed by atoms with Crippen LogP contribution in [0.3, 0.4) is 0 Å². The molecule has 1 amide bonds. The molecule has 0 saturated carbocycles. The van der Waals surface area contributed by atoms with Crippen molar-refractivity contribution < 1.29 is 4.79 Å². The zero-order chi connectivity index (χ0) is 15.4. The highest BCUT2D eigenvalue weighted by molar-refractivity contribution is 5.78. The van der Waals surface area contributed by atoms with Crippen molar-refractivity contribution >= 4 is 5.91 Å². The van der Waals surface area contributed by atoms with Crippen LogP contribution in [0.1, 0.15) is 28.2 Å². The van der Waals surface area contributed by atoms with E-state index in [1.54, 1.807) is 13.8 Å². The van der Waals surface area contributed by atoms with Gasteiger partial charge in [0.2, 0.25) is 5.91 Å². The molecule has 2 aromatic rings. The van der Waals surface area contributed by atoms with Crippen LogP contribution in [-0.2, 0) is 17.8 Å². The third-order valence-electron chi connectivity index (χ3n) is 3.42. The Morgan fingerprint density at radius 2 is 1.95 bits per heavy atom. The van der Waals surface area contributed by atoms with Gasteiger partial charge in [0.05, 0.1) is 6.42 Å². The van der Waals surface area contributed by atoms with Crippen molar-refractivity contribution in [3.8, 4) is 0 Å². The summed E-state index contributed by atoms with van der Waals surface area (Å²) in [7, 11) is 0. The van der Waals surface area contributed by atoms with Crippen LogP contribution in [0.4, 0.5) is 0 Å². The van der Waals surface area contributed by atoms with Gasteiger partial charge >= 0.3 is 0 Å². The number of carbonyl (C=O) groups is 1. The molecule has 110 valence electrons. The van der Waals surface area contributed by atoms with Crippen molar-refractivity contribution in [2.45, 2.75) is 33.7 Å². The molecular weight excluding hydrogens is 266 g/mol. The Labute approximate surface area is 123 Å². The minimum Gasteiger partial charge on any atom is -0.352 e. The van der Waals surface area contributed by atoms with Crippen LogP contribution in [0.5, 0.6) is 0 Å². The lowest BCUT2D eigenvalue weighted by Gasteiger charge is -2.09. The van der Waals surface area contributed by atoms with E-state index in [1.165, 1.54) is 0 Å². The number of hydrogen-bond acceptors (Lipinski definition) is 3. The molecule has 1 heterocycles. The van der Waals surface area contributed by atoms with Crippen LogP contribution in [0.25, 0.3) is 0 Å². The van der Waals surface area contributed by atoms with E-state index in [2.05, 4.69) is 15.3 Å². The predicted molar refractivity (Wildman–Crippen MR) is 81.1 cm³/mol. The summed E-state index contributed by atoms with van der Waals surface area (Å²) in [4.78, 5) is 30.6. The highest BCUT2D eigenvalue weighted by atomic mass is 16.2. The predicted octanol–water partition coefficient (Wildman–Crippen LogP) is 1.55. The van der Waals surface area contributed by atoms with Crippen LogP contribution in [0.15, 0.2) is 29.1 Å². The third kappa shape index (κ3) is 3.78. The molecule has 0 saturated heterocycles. The minimum absolute atomic E-state index is 0.0420. The first-order valence-corrected chi connectivity index (χ1v) is 6.85. The summed E-state index contributed by atoms with van der Waals surface area (Å²) < 4.78 is 0. The number of rotatable bonds is 4. The molecule has 2 N–H and O–H groups in total. The number of benzene rings is 1. The number of nitrogens with one attached hydrogen (secondary N) is 2. The summed E-state index contributed by atoms with van der Waals surface area (Å²) in [5, 5.41) is 2.84. The molecule has 1 aromatic carbocycles. The second-order valence-corrected chi connectivity index (χ2v) is 5.10. The van der Waals surface area contributed by atoms with Gasteiger partial charge in [-0.2, -0.15) is 0 Å². The van der Waals surface area contributed by atoms with E-state index in [9.17, 15) is 9.59 Å². The molecule has 0 radical (unpaired) electrons. The van der Waals surface area contributed by atoms with Gasteiger partial charge in [-0.1, -0.05) is 24.3 Å². The number of hydrogen-bond donors (Lipinski definition) is 2. The lowest BCUT2D eigenvalue weighted by atomic mass is 10.1. The van der Waals surface area contributed by atoms with Gasteiger partial charge in [-0.05, 0) is 31.9 Å². The third-order valence-corrected chi connectivity index (χ3v) is 3.42. The highest BCUT2D eigenvalue weighted by Crippen LogP contribution is 2.06. The fourth-order valence-electron chi connectivity index (χ4n) is 2.18. The Morgan fingerprint density at radius 1 is 1.24 bits per heavy atom. The molecule has 21 heavy (non-hydrogen) atoms. The van der Waals surface area contributed by atoms with Crippen LogP contribution in [0.2, 0.25) is 0 Å². The second-order valence-electron chi connectivity index (χ2n) is 5.10. The first kappa shape index (κ1) is 15.0. The van der Waals surface area contributed by atoms with Gasteiger partial charge in [0.25, 0.3) is 5.56 Å². The first-order valence-electron chi connectivity index (χ1n) is 6.85. The molecule has 0 aliphatic carbocycles. The van der Waals surface area contributed by atoms with Gasteiger partial charge in [-0.25, -0.2) is 4.98 Å². The molecule has 5 nitrogen and oxygen atoms in total. The lowest BCUT2D eigenvalue weighted by Crippen LogP contribution is -2.29. The smallest absolute Gasteiger partial charge is 0.254 e. The zero-order valence-electron chi connectivity index (χ0n) is 12.5. The summed E-state index contributed by atoms with van der Waals surface area (Å²) in [6, 6.07) is 7.87. The number of carbonyl (C=O) groups excluding carboxylic acids is 1. The topological polar surface area (TPSA) is 74.8 Å². The molecule has 0 bridgehead atoms. The molecule has 1 aromatic heterocycles. The average molecular weight is 285 g/mol. The van der Waals surface area contributed by atoms with E-state index < -0.39 is 0 Å². The molecule has 0 unspecified atom stereocenters. The minimum atomic E-state index is -0.244. The number of aromatic amines is 1. The van der Waals surface area contributed by atoms with Gasteiger partial charge in [0.15, 0.2) is 0 Å². The lowest BCUT2D eigenvalue weighted by molar-refractivity contribution is -0.120. The summed E-state index contributed by atoms with van der Waals surface area (Å²) >= 11 is 0. The summed E-state index contributed by atoms with van der Waals surface area (Å²) in [5.74, 6) is 0.374.